The molecule has 0 aliphatic carbocycles. The van der Waals surface area contributed by atoms with Crippen LogP contribution in [-0.4, -0.2) is 32.6 Å². The van der Waals surface area contributed by atoms with E-state index in [1.54, 1.807) is 0 Å². The second kappa shape index (κ2) is 3.38. The standard InChI is InChI=1S/C5H7F2N3O/c6-4(1-11)5(7)10-3-8-2-9-10/h2-5,11H,1H2. The third-order valence-electron chi connectivity index (χ3n) is 1.16. The molecule has 62 valence electrons. The van der Waals surface area contributed by atoms with Crippen LogP contribution < -0.4 is 0 Å². The average Bonchev–Trinajstić information content (AvgIpc) is 2.53. The summed E-state index contributed by atoms with van der Waals surface area (Å²) >= 11 is 0. The Hall–Kier alpha value is -1.04. The van der Waals surface area contributed by atoms with E-state index >= 15 is 0 Å². The lowest BCUT2D eigenvalue weighted by molar-refractivity contribution is 0.0487. The van der Waals surface area contributed by atoms with Gasteiger partial charge in [-0.15, -0.1) is 0 Å². The minimum atomic E-state index is -1.96. The maximum Gasteiger partial charge on any atom is 0.226 e. The summed E-state index contributed by atoms with van der Waals surface area (Å²) in [5.41, 5.74) is 0. The summed E-state index contributed by atoms with van der Waals surface area (Å²) in [6.07, 6.45) is -1.76. The van der Waals surface area contributed by atoms with Gasteiger partial charge in [-0.1, -0.05) is 0 Å². The Bertz CT molecular complexity index is 204. The zero-order valence-corrected chi connectivity index (χ0v) is 5.56. The molecule has 2 atom stereocenters. The predicted molar refractivity (Wildman–Crippen MR) is 32.1 cm³/mol. The number of nitrogens with zero attached hydrogens (tertiary/aromatic N) is 3. The Labute approximate surface area is 61.5 Å². The summed E-state index contributed by atoms with van der Waals surface area (Å²) in [4.78, 5) is 3.42. The van der Waals surface area contributed by atoms with Crippen LogP contribution >= 0.6 is 0 Å². The molecule has 0 aromatic carbocycles. The van der Waals surface area contributed by atoms with Crippen molar-refractivity contribution in [2.75, 3.05) is 6.61 Å². The molecule has 0 bridgehead atoms. The van der Waals surface area contributed by atoms with Crippen molar-refractivity contribution in [3.05, 3.63) is 12.7 Å². The molecule has 0 fully saturated rings. The average molecular weight is 163 g/mol. The summed E-state index contributed by atoms with van der Waals surface area (Å²) in [7, 11) is 0. The molecule has 2 unspecified atom stereocenters. The molecule has 0 aliphatic heterocycles. The second-order valence-corrected chi connectivity index (χ2v) is 1.95. The molecule has 11 heavy (non-hydrogen) atoms. The lowest BCUT2D eigenvalue weighted by atomic mass is 10.4. The van der Waals surface area contributed by atoms with E-state index < -0.39 is 19.1 Å². The number of hydrogen-bond acceptors (Lipinski definition) is 3. The maximum atomic E-state index is 12.7. The van der Waals surface area contributed by atoms with Gasteiger partial charge in [-0.3, -0.25) is 0 Å². The van der Waals surface area contributed by atoms with E-state index in [9.17, 15) is 8.78 Å². The van der Waals surface area contributed by atoms with E-state index in [0.29, 0.717) is 4.68 Å². The molecule has 1 aromatic heterocycles. The van der Waals surface area contributed by atoms with Crippen LogP contribution in [0.2, 0.25) is 0 Å². The van der Waals surface area contributed by atoms with Crippen molar-refractivity contribution in [1.82, 2.24) is 14.8 Å². The molecule has 1 rings (SSSR count). The lowest BCUT2D eigenvalue weighted by Gasteiger charge is -2.09. The summed E-state index contributed by atoms with van der Waals surface area (Å²) in [5, 5.41) is 11.6. The highest BCUT2D eigenvalue weighted by Gasteiger charge is 2.21. The van der Waals surface area contributed by atoms with Crippen LogP contribution in [0.4, 0.5) is 8.78 Å². The van der Waals surface area contributed by atoms with Gasteiger partial charge in [0.05, 0.1) is 6.61 Å². The third-order valence-corrected chi connectivity index (χ3v) is 1.16. The Balaban J connectivity index is 2.62. The van der Waals surface area contributed by atoms with Gasteiger partial charge in [-0.05, 0) is 0 Å². The Morgan fingerprint density at radius 1 is 1.55 bits per heavy atom. The topological polar surface area (TPSA) is 50.9 Å². The Morgan fingerprint density at radius 3 is 2.73 bits per heavy atom. The highest BCUT2D eigenvalue weighted by Crippen LogP contribution is 2.13. The van der Waals surface area contributed by atoms with Crippen molar-refractivity contribution < 1.29 is 13.9 Å². The minimum Gasteiger partial charge on any atom is -0.393 e. The van der Waals surface area contributed by atoms with E-state index in [-0.39, 0.29) is 0 Å². The summed E-state index contributed by atoms with van der Waals surface area (Å²) < 4.78 is 25.8. The minimum absolute atomic E-state index is 0.709. The molecule has 1 aromatic rings. The SMILES string of the molecule is OCC(F)C(F)n1cncn1. The van der Waals surface area contributed by atoms with Crippen LogP contribution in [0.15, 0.2) is 12.7 Å². The molecule has 0 saturated heterocycles. The predicted octanol–water partition coefficient (Wildman–Crippen LogP) is 0.0766. The summed E-state index contributed by atoms with van der Waals surface area (Å²) in [6, 6.07) is 0. The maximum absolute atomic E-state index is 12.7. The van der Waals surface area contributed by atoms with E-state index in [1.807, 2.05) is 0 Å². The molecule has 0 amide bonds. The van der Waals surface area contributed by atoms with Crippen LogP contribution in [-0.2, 0) is 0 Å². The lowest BCUT2D eigenvalue weighted by Crippen LogP contribution is -2.20. The fourth-order valence-electron chi connectivity index (χ4n) is 0.597. The number of rotatable bonds is 3. The number of alkyl halides is 2. The van der Waals surface area contributed by atoms with E-state index in [0.717, 1.165) is 12.7 Å². The van der Waals surface area contributed by atoms with Crippen LogP contribution in [0, 0.1) is 0 Å². The molecule has 0 radical (unpaired) electrons. The van der Waals surface area contributed by atoms with E-state index in [2.05, 4.69) is 10.1 Å². The van der Waals surface area contributed by atoms with Gasteiger partial charge in [0.1, 0.15) is 12.7 Å². The molecular weight excluding hydrogens is 156 g/mol. The van der Waals surface area contributed by atoms with Gasteiger partial charge in [-0.2, -0.15) is 5.10 Å². The van der Waals surface area contributed by atoms with Crippen LogP contribution in [0.3, 0.4) is 0 Å². The zero-order valence-electron chi connectivity index (χ0n) is 5.56. The van der Waals surface area contributed by atoms with Gasteiger partial charge in [0.15, 0.2) is 6.17 Å². The number of aliphatic hydroxyl groups is 1. The first-order chi connectivity index (χ1) is 5.25. The molecule has 0 saturated carbocycles. The van der Waals surface area contributed by atoms with Gasteiger partial charge in [0, 0.05) is 0 Å². The molecule has 1 heterocycles. The fourth-order valence-corrected chi connectivity index (χ4v) is 0.597. The van der Waals surface area contributed by atoms with Crippen molar-refractivity contribution in [2.24, 2.45) is 0 Å². The fraction of sp³-hybridized carbons (Fsp3) is 0.600. The monoisotopic (exact) mass is 163 g/mol. The van der Waals surface area contributed by atoms with E-state index in [1.165, 1.54) is 0 Å². The van der Waals surface area contributed by atoms with Gasteiger partial charge in [-0.25, -0.2) is 18.4 Å². The summed E-state index contributed by atoms with van der Waals surface area (Å²) in [6.45, 7) is -0.860. The third kappa shape index (κ3) is 1.70. The molecule has 1 N–H and O–H groups in total. The van der Waals surface area contributed by atoms with Gasteiger partial charge in [0.25, 0.3) is 0 Å². The number of aromatic nitrogens is 3. The van der Waals surface area contributed by atoms with Crippen molar-refractivity contribution in [2.45, 2.75) is 12.5 Å². The highest BCUT2D eigenvalue weighted by molar-refractivity contribution is 4.66. The largest absolute Gasteiger partial charge is 0.393 e. The molecule has 0 aliphatic rings. The summed E-state index contributed by atoms with van der Waals surface area (Å²) in [5.74, 6) is 0. The van der Waals surface area contributed by atoms with E-state index in [4.69, 9.17) is 5.11 Å². The molecular formula is C5H7F2N3O. The normalized spacial score (nSPS) is 16.3. The quantitative estimate of drug-likeness (QED) is 0.686. The van der Waals surface area contributed by atoms with Crippen molar-refractivity contribution in [1.29, 1.82) is 0 Å². The first kappa shape index (κ1) is 8.06. The molecule has 6 heteroatoms. The van der Waals surface area contributed by atoms with Gasteiger partial charge >= 0.3 is 0 Å². The zero-order chi connectivity index (χ0) is 8.27. The van der Waals surface area contributed by atoms with Crippen molar-refractivity contribution >= 4 is 0 Å². The highest BCUT2D eigenvalue weighted by atomic mass is 19.2. The second-order valence-electron chi connectivity index (χ2n) is 1.95. The van der Waals surface area contributed by atoms with Crippen LogP contribution in [0.5, 0.6) is 0 Å². The first-order valence-electron chi connectivity index (χ1n) is 2.99. The van der Waals surface area contributed by atoms with Gasteiger partial charge in [0.2, 0.25) is 6.30 Å². The Morgan fingerprint density at radius 2 is 2.27 bits per heavy atom. The number of halogens is 2. The molecule has 4 nitrogen and oxygen atoms in total. The molecule has 0 spiro atoms. The van der Waals surface area contributed by atoms with Crippen LogP contribution in [0.1, 0.15) is 6.30 Å². The Kier molecular flexibility index (Phi) is 2.48. The number of aliphatic hydroxyl groups excluding tert-OH is 1. The van der Waals surface area contributed by atoms with Crippen molar-refractivity contribution in [3.8, 4) is 0 Å². The number of hydrogen-bond donors (Lipinski definition) is 1. The van der Waals surface area contributed by atoms with Gasteiger partial charge < -0.3 is 5.11 Å². The van der Waals surface area contributed by atoms with Crippen molar-refractivity contribution in [3.63, 3.8) is 0 Å². The van der Waals surface area contributed by atoms with Crippen LogP contribution in [0.25, 0.3) is 0 Å². The smallest absolute Gasteiger partial charge is 0.226 e. The first-order valence-corrected chi connectivity index (χ1v) is 2.99.